The van der Waals surface area contributed by atoms with E-state index < -0.39 is 17.7 Å². The molecule has 0 aliphatic heterocycles. The van der Waals surface area contributed by atoms with E-state index in [1.807, 2.05) is 0 Å². The van der Waals surface area contributed by atoms with Crippen molar-refractivity contribution < 1.29 is 18.4 Å². The Morgan fingerprint density at radius 2 is 1.88 bits per heavy atom. The maximum absolute atomic E-state index is 14.0. The van der Waals surface area contributed by atoms with E-state index in [0.29, 0.717) is 0 Å². The van der Waals surface area contributed by atoms with Crippen LogP contribution in [-0.4, -0.2) is 23.9 Å². The Morgan fingerprint density at radius 3 is 2.44 bits per heavy atom. The van der Waals surface area contributed by atoms with E-state index >= 15 is 0 Å². The zero-order valence-corrected chi connectivity index (χ0v) is 14.9. The Labute approximate surface area is 152 Å². The van der Waals surface area contributed by atoms with Gasteiger partial charge in [0.15, 0.2) is 0 Å². The molecule has 4 N–H and O–H groups in total. The molecule has 8 heteroatoms. The molecule has 2 amide bonds. The van der Waals surface area contributed by atoms with Crippen molar-refractivity contribution in [2.75, 3.05) is 0 Å². The van der Waals surface area contributed by atoms with Crippen molar-refractivity contribution in [1.82, 2.24) is 10.6 Å². The SMILES string of the molecule is CC(=O)NC(CC(=O)NC1CCC(N)CC1)c1ccc(F)cc1F.Cl. The number of carbonyl (C=O) groups excluding carboxylic acids is 2. The Balaban J connectivity index is 0.00000312. The number of nitrogens with one attached hydrogen (secondary N) is 2. The fraction of sp³-hybridized carbons (Fsp3) is 0.529. The van der Waals surface area contributed by atoms with Gasteiger partial charge in [-0.3, -0.25) is 9.59 Å². The minimum atomic E-state index is -0.839. The average molecular weight is 376 g/mol. The summed E-state index contributed by atoms with van der Waals surface area (Å²) in [6.45, 7) is 1.29. The van der Waals surface area contributed by atoms with Gasteiger partial charge in [0, 0.05) is 30.6 Å². The third-order valence-electron chi connectivity index (χ3n) is 4.24. The lowest BCUT2D eigenvalue weighted by Crippen LogP contribution is -2.42. The van der Waals surface area contributed by atoms with Gasteiger partial charge in [0.1, 0.15) is 11.6 Å². The molecule has 2 rings (SSSR count). The van der Waals surface area contributed by atoms with E-state index in [-0.39, 0.29) is 48.3 Å². The number of benzene rings is 1. The molecule has 1 aromatic rings. The molecule has 0 bridgehead atoms. The molecule has 1 saturated carbocycles. The molecule has 25 heavy (non-hydrogen) atoms. The minimum absolute atomic E-state index is 0. The third kappa shape index (κ3) is 6.59. The monoisotopic (exact) mass is 375 g/mol. The Morgan fingerprint density at radius 1 is 1.24 bits per heavy atom. The van der Waals surface area contributed by atoms with Crippen molar-refractivity contribution in [3.8, 4) is 0 Å². The lowest BCUT2D eigenvalue weighted by Gasteiger charge is -2.27. The molecule has 1 fully saturated rings. The first-order chi connectivity index (χ1) is 11.3. The van der Waals surface area contributed by atoms with Crippen molar-refractivity contribution >= 4 is 24.2 Å². The van der Waals surface area contributed by atoms with E-state index in [1.54, 1.807) is 0 Å². The molecular weight excluding hydrogens is 352 g/mol. The van der Waals surface area contributed by atoms with E-state index in [0.717, 1.165) is 37.8 Å². The van der Waals surface area contributed by atoms with Gasteiger partial charge in [-0.2, -0.15) is 0 Å². The topological polar surface area (TPSA) is 84.2 Å². The van der Waals surface area contributed by atoms with Crippen LogP contribution in [0.5, 0.6) is 0 Å². The molecule has 1 unspecified atom stereocenters. The summed E-state index contributed by atoms with van der Waals surface area (Å²) in [5.41, 5.74) is 5.93. The second-order valence-electron chi connectivity index (χ2n) is 6.30. The van der Waals surface area contributed by atoms with Crippen LogP contribution >= 0.6 is 12.4 Å². The number of hydrogen-bond acceptors (Lipinski definition) is 3. The standard InChI is InChI=1S/C17H23F2N3O2.ClH/c1-10(23)21-16(14-7-2-11(18)8-15(14)19)9-17(24)22-13-5-3-12(20)4-6-13;/h2,7-8,12-13,16H,3-6,9,20H2,1H3,(H,21,23)(H,22,24);1H. The lowest BCUT2D eigenvalue weighted by molar-refractivity contribution is -0.123. The lowest BCUT2D eigenvalue weighted by atomic mass is 9.91. The molecule has 0 heterocycles. The maximum Gasteiger partial charge on any atom is 0.222 e. The van der Waals surface area contributed by atoms with Gasteiger partial charge >= 0.3 is 0 Å². The second-order valence-corrected chi connectivity index (χ2v) is 6.30. The Bertz CT molecular complexity index is 608. The highest BCUT2D eigenvalue weighted by molar-refractivity contribution is 5.85. The van der Waals surface area contributed by atoms with Crippen LogP contribution in [0.3, 0.4) is 0 Å². The molecule has 1 aliphatic carbocycles. The van der Waals surface area contributed by atoms with Crippen molar-refractivity contribution in [2.45, 2.75) is 57.2 Å². The molecular formula is C17H24ClF2N3O2. The summed E-state index contributed by atoms with van der Waals surface area (Å²) in [4.78, 5) is 23.6. The van der Waals surface area contributed by atoms with Crippen molar-refractivity contribution in [3.63, 3.8) is 0 Å². The van der Waals surface area contributed by atoms with Gasteiger partial charge in [-0.15, -0.1) is 12.4 Å². The van der Waals surface area contributed by atoms with Gasteiger partial charge in [-0.1, -0.05) is 6.07 Å². The molecule has 1 aliphatic rings. The Hall–Kier alpha value is -1.73. The Kier molecular flexibility index (Phi) is 8.25. The average Bonchev–Trinajstić information content (AvgIpc) is 2.48. The summed E-state index contributed by atoms with van der Waals surface area (Å²) >= 11 is 0. The van der Waals surface area contributed by atoms with E-state index in [2.05, 4.69) is 10.6 Å². The summed E-state index contributed by atoms with van der Waals surface area (Å²) < 4.78 is 27.0. The van der Waals surface area contributed by atoms with Crippen LogP contribution in [-0.2, 0) is 9.59 Å². The van der Waals surface area contributed by atoms with Crippen molar-refractivity contribution in [2.24, 2.45) is 5.73 Å². The number of hydrogen-bond donors (Lipinski definition) is 3. The zero-order valence-electron chi connectivity index (χ0n) is 14.1. The molecule has 5 nitrogen and oxygen atoms in total. The first kappa shape index (κ1) is 21.3. The molecule has 1 aromatic carbocycles. The van der Waals surface area contributed by atoms with E-state index in [4.69, 9.17) is 5.73 Å². The third-order valence-corrected chi connectivity index (χ3v) is 4.24. The molecule has 0 saturated heterocycles. The van der Waals surface area contributed by atoms with Gasteiger partial charge in [0.25, 0.3) is 0 Å². The predicted octanol–water partition coefficient (Wildman–Crippen LogP) is 2.34. The van der Waals surface area contributed by atoms with Crippen LogP contribution < -0.4 is 16.4 Å². The summed E-state index contributed by atoms with van der Waals surface area (Å²) in [5.74, 6) is -2.16. The zero-order chi connectivity index (χ0) is 17.7. The summed E-state index contributed by atoms with van der Waals surface area (Å²) in [7, 11) is 0. The predicted molar refractivity (Wildman–Crippen MR) is 93.2 cm³/mol. The van der Waals surface area contributed by atoms with Crippen LogP contribution in [0.2, 0.25) is 0 Å². The molecule has 0 aromatic heterocycles. The number of rotatable bonds is 5. The number of nitrogens with two attached hydrogens (primary N) is 1. The number of amides is 2. The molecule has 140 valence electrons. The largest absolute Gasteiger partial charge is 0.353 e. The molecule has 0 spiro atoms. The van der Waals surface area contributed by atoms with Crippen LogP contribution in [0, 0.1) is 11.6 Å². The minimum Gasteiger partial charge on any atom is -0.353 e. The number of halogens is 3. The highest BCUT2D eigenvalue weighted by Gasteiger charge is 2.24. The van der Waals surface area contributed by atoms with Gasteiger partial charge < -0.3 is 16.4 Å². The fourth-order valence-electron chi connectivity index (χ4n) is 3.00. The van der Waals surface area contributed by atoms with Gasteiger partial charge in [0.2, 0.25) is 11.8 Å². The fourth-order valence-corrected chi connectivity index (χ4v) is 3.00. The summed E-state index contributed by atoms with van der Waals surface area (Å²) in [5, 5.41) is 5.45. The van der Waals surface area contributed by atoms with Crippen molar-refractivity contribution in [1.29, 1.82) is 0 Å². The van der Waals surface area contributed by atoms with E-state index in [1.165, 1.54) is 13.0 Å². The first-order valence-electron chi connectivity index (χ1n) is 8.12. The normalized spacial score (nSPS) is 21.0. The molecule has 1 atom stereocenters. The summed E-state index contributed by atoms with van der Waals surface area (Å²) in [6.07, 6.45) is 3.22. The highest BCUT2D eigenvalue weighted by Crippen LogP contribution is 2.22. The van der Waals surface area contributed by atoms with Crippen LogP contribution in [0.25, 0.3) is 0 Å². The smallest absolute Gasteiger partial charge is 0.222 e. The maximum atomic E-state index is 14.0. The van der Waals surface area contributed by atoms with Crippen molar-refractivity contribution in [3.05, 3.63) is 35.4 Å². The van der Waals surface area contributed by atoms with Crippen LogP contribution in [0.4, 0.5) is 8.78 Å². The van der Waals surface area contributed by atoms with Gasteiger partial charge in [-0.25, -0.2) is 8.78 Å². The molecule has 0 radical (unpaired) electrons. The quantitative estimate of drug-likeness (QED) is 0.738. The van der Waals surface area contributed by atoms with Crippen LogP contribution in [0.1, 0.15) is 50.6 Å². The summed E-state index contributed by atoms with van der Waals surface area (Å²) in [6, 6.07) is 2.48. The highest BCUT2D eigenvalue weighted by atomic mass is 35.5. The van der Waals surface area contributed by atoms with Gasteiger partial charge in [0.05, 0.1) is 12.5 Å². The van der Waals surface area contributed by atoms with Gasteiger partial charge in [-0.05, 0) is 31.7 Å². The first-order valence-corrected chi connectivity index (χ1v) is 8.12. The van der Waals surface area contributed by atoms with Crippen LogP contribution in [0.15, 0.2) is 18.2 Å². The van der Waals surface area contributed by atoms with E-state index in [9.17, 15) is 18.4 Å². The second kappa shape index (κ2) is 9.68. The number of carbonyl (C=O) groups is 2.